The summed E-state index contributed by atoms with van der Waals surface area (Å²) >= 11 is 0. The third-order valence-corrected chi connectivity index (χ3v) is 3.74. The summed E-state index contributed by atoms with van der Waals surface area (Å²) in [5, 5.41) is 2.00. The van der Waals surface area contributed by atoms with Crippen LogP contribution in [0.4, 0.5) is 0 Å². The Morgan fingerprint density at radius 3 is 2.67 bits per heavy atom. The van der Waals surface area contributed by atoms with Crippen molar-refractivity contribution in [2.45, 2.75) is 19.8 Å². The van der Waals surface area contributed by atoms with E-state index in [4.69, 9.17) is 0 Å². The minimum Gasteiger partial charge on any atom is -0.294 e. The number of hydrogen-bond acceptors (Lipinski definition) is 2. The number of nitrogens with zero attached hydrogens (tertiary/aromatic N) is 1. The van der Waals surface area contributed by atoms with Crippen molar-refractivity contribution in [3.05, 3.63) is 77.6 Å². The Balaban J connectivity index is 1.79. The normalized spacial score (nSPS) is 10.7. The lowest BCUT2D eigenvalue weighted by Gasteiger charge is -2.06. The van der Waals surface area contributed by atoms with Gasteiger partial charge in [0.05, 0.1) is 0 Å². The number of pyridine rings is 1. The van der Waals surface area contributed by atoms with Crippen LogP contribution in [0.15, 0.2) is 60.9 Å². The first kappa shape index (κ1) is 13.5. The average molecular weight is 275 g/mol. The molecule has 0 fully saturated rings. The molecule has 0 unspecified atom stereocenters. The second-order valence-electron chi connectivity index (χ2n) is 5.31. The topological polar surface area (TPSA) is 30.0 Å². The molecule has 0 saturated heterocycles. The van der Waals surface area contributed by atoms with Gasteiger partial charge in [0.15, 0.2) is 5.78 Å². The molecule has 0 spiro atoms. The van der Waals surface area contributed by atoms with E-state index in [9.17, 15) is 4.79 Å². The molecule has 2 heteroatoms. The number of carbonyl (C=O) groups excluding carboxylic acids is 1. The quantitative estimate of drug-likeness (QED) is 0.662. The van der Waals surface area contributed by atoms with E-state index < -0.39 is 0 Å². The smallest absolute Gasteiger partial charge is 0.163 e. The number of ketones is 1. The molecule has 0 N–H and O–H groups in total. The largest absolute Gasteiger partial charge is 0.294 e. The maximum Gasteiger partial charge on any atom is 0.163 e. The number of Topliss-reactive ketones (excluding diaryl/α,β-unsaturated/α-hetero) is 1. The Morgan fingerprint density at radius 2 is 1.86 bits per heavy atom. The Morgan fingerprint density at radius 1 is 1.05 bits per heavy atom. The maximum atomic E-state index is 12.5. The Kier molecular flexibility index (Phi) is 3.78. The van der Waals surface area contributed by atoms with Gasteiger partial charge in [0, 0.05) is 29.8 Å². The highest BCUT2D eigenvalue weighted by molar-refractivity contribution is 6.07. The van der Waals surface area contributed by atoms with Gasteiger partial charge in [-0.05, 0) is 30.4 Å². The summed E-state index contributed by atoms with van der Waals surface area (Å²) in [5.41, 5.74) is 3.24. The highest BCUT2D eigenvalue weighted by Gasteiger charge is 2.10. The van der Waals surface area contributed by atoms with Crippen LogP contribution in [0.1, 0.15) is 27.9 Å². The van der Waals surface area contributed by atoms with Gasteiger partial charge >= 0.3 is 0 Å². The lowest BCUT2D eigenvalue weighted by molar-refractivity contribution is 0.0984. The number of fused-ring (bicyclic) bond motifs is 1. The fourth-order valence-electron chi connectivity index (χ4n) is 2.51. The molecule has 2 nitrogen and oxygen atoms in total. The zero-order valence-electron chi connectivity index (χ0n) is 12.0. The molecular weight excluding hydrogens is 258 g/mol. The summed E-state index contributed by atoms with van der Waals surface area (Å²) in [4.78, 5) is 16.6. The second-order valence-corrected chi connectivity index (χ2v) is 5.31. The van der Waals surface area contributed by atoms with Crippen molar-refractivity contribution in [3.8, 4) is 0 Å². The van der Waals surface area contributed by atoms with Crippen LogP contribution in [-0.4, -0.2) is 10.8 Å². The molecule has 0 aliphatic carbocycles. The van der Waals surface area contributed by atoms with Gasteiger partial charge in [-0.3, -0.25) is 9.78 Å². The van der Waals surface area contributed by atoms with E-state index in [-0.39, 0.29) is 5.78 Å². The number of rotatable bonds is 4. The molecule has 0 amide bonds. The molecule has 0 aliphatic heterocycles. The monoisotopic (exact) mass is 275 g/mol. The summed E-state index contributed by atoms with van der Waals surface area (Å²) in [6, 6.07) is 16.1. The summed E-state index contributed by atoms with van der Waals surface area (Å²) in [7, 11) is 0. The predicted octanol–water partition coefficient (Wildman–Crippen LogP) is 4.36. The van der Waals surface area contributed by atoms with Gasteiger partial charge in [0.2, 0.25) is 0 Å². The third-order valence-electron chi connectivity index (χ3n) is 3.74. The molecular formula is C19H17NO. The molecule has 104 valence electrons. The molecule has 0 bridgehead atoms. The van der Waals surface area contributed by atoms with Crippen molar-refractivity contribution in [1.29, 1.82) is 0 Å². The summed E-state index contributed by atoms with van der Waals surface area (Å²) in [5.74, 6) is 0.187. The van der Waals surface area contributed by atoms with Crippen LogP contribution in [0.5, 0.6) is 0 Å². The van der Waals surface area contributed by atoms with Crippen LogP contribution in [0.3, 0.4) is 0 Å². The van der Waals surface area contributed by atoms with E-state index in [0.717, 1.165) is 22.8 Å². The summed E-state index contributed by atoms with van der Waals surface area (Å²) in [6.45, 7) is 2.07. The first-order valence-electron chi connectivity index (χ1n) is 7.15. The van der Waals surface area contributed by atoms with Gasteiger partial charge in [-0.2, -0.15) is 0 Å². The number of carbonyl (C=O) groups is 1. The Hall–Kier alpha value is -2.48. The van der Waals surface area contributed by atoms with Crippen molar-refractivity contribution in [3.63, 3.8) is 0 Å². The molecule has 0 radical (unpaired) electrons. The van der Waals surface area contributed by atoms with Gasteiger partial charge in [-0.25, -0.2) is 0 Å². The fraction of sp³-hybridized carbons (Fsp3) is 0.158. The molecule has 21 heavy (non-hydrogen) atoms. The predicted molar refractivity (Wildman–Crippen MR) is 85.6 cm³/mol. The standard InChI is InChI=1S/C19H17NO/c1-14-5-7-15(8-6-14)9-10-19(21)18-4-2-3-16-13-20-12-11-17(16)18/h2-8,11-13H,9-10H2,1H3. The van der Waals surface area contributed by atoms with Gasteiger partial charge in [0.25, 0.3) is 0 Å². The van der Waals surface area contributed by atoms with E-state index in [2.05, 4.69) is 36.2 Å². The van der Waals surface area contributed by atoms with Gasteiger partial charge in [-0.1, -0.05) is 48.0 Å². The number of benzene rings is 2. The van der Waals surface area contributed by atoms with E-state index in [0.29, 0.717) is 6.42 Å². The third kappa shape index (κ3) is 3.00. The van der Waals surface area contributed by atoms with Gasteiger partial charge in [0.1, 0.15) is 0 Å². The summed E-state index contributed by atoms with van der Waals surface area (Å²) in [6.07, 6.45) is 4.84. The van der Waals surface area contributed by atoms with Crippen LogP contribution >= 0.6 is 0 Å². The van der Waals surface area contributed by atoms with Crippen LogP contribution in [-0.2, 0) is 6.42 Å². The second kappa shape index (κ2) is 5.88. The molecule has 0 saturated carbocycles. The van der Waals surface area contributed by atoms with Crippen molar-refractivity contribution in [1.82, 2.24) is 4.98 Å². The van der Waals surface area contributed by atoms with E-state index >= 15 is 0 Å². The Labute approximate surface area is 124 Å². The minimum absolute atomic E-state index is 0.187. The SMILES string of the molecule is Cc1ccc(CCC(=O)c2cccc3cnccc23)cc1. The van der Waals surface area contributed by atoms with Crippen LogP contribution in [0.25, 0.3) is 10.8 Å². The summed E-state index contributed by atoms with van der Waals surface area (Å²) < 4.78 is 0. The zero-order valence-corrected chi connectivity index (χ0v) is 12.0. The highest BCUT2D eigenvalue weighted by atomic mass is 16.1. The van der Waals surface area contributed by atoms with E-state index in [1.54, 1.807) is 12.4 Å². The lowest BCUT2D eigenvalue weighted by atomic mass is 9.98. The first-order chi connectivity index (χ1) is 10.2. The minimum atomic E-state index is 0.187. The Bertz CT molecular complexity index is 770. The van der Waals surface area contributed by atoms with Crippen LogP contribution < -0.4 is 0 Å². The molecule has 0 aliphatic rings. The average Bonchev–Trinajstić information content (AvgIpc) is 2.53. The first-order valence-corrected chi connectivity index (χ1v) is 7.15. The molecule has 3 rings (SSSR count). The van der Waals surface area contributed by atoms with Crippen molar-refractivity contribution in [2.75, 3.05) is 0 Å². The number of aromatic nitrogens is 1. The fourth-order valence-corrected chi connectivity index (χ4v) is 2.51. The zero-order chi connectivity index (χ0) is 14.7. The van der Waals surface area contributed by atoms with E-state index in [1.165, 1.54) is 11.1 Å². The number of aryl methyl sites for hydroxylation is 2. The van der Waals surface area contributed by atoms with Crippen molar-refractivity contribution in [2.24, 2.45) is 0 Å². The van der Waals surface area contributed by atoms with Crippen LogP contribution in [0.2, 0.25) is 0 Å². The van der Waals surface area contributed by atoms with Crippen molar-refractivity contribution >= 4 is 16.6 Å². The lowest BCUT2D eigenvalue weighted by Crippen LogP contribution is -2.02. The maximum absolute atomic E-state index is 12.5. The molecule has 1 aromatic heterocycles. The molecule has 2 aromatic carbocycles. The molecule has 1 heterocycles. The molecule has 0 atom stereocenters. The molecule has 3 aromatic rings. The van der Waals surface area contributed by atoms with Crippen molar-refractivity contribution < 1.29 is 4.79 Å². The van der Waals surface area contributed by atoms with Gasteiger partial charge < -0.3 is 0 Å². The highest BCUT2D eigenvalue weighted by Crippen LogP contribution is 2.19. The van der Waals surface area contributed by atoms with Gasteiger partial charge in [-0.15, -0.1) is 0 Å². The van der Waals surface area contributed by atoms with E-state index in [1.807, 2.05) is 24.3 Å². The van der Waals surface area contributed by atoms with Crippen LogP contribution in [0, 0.1) is 6.92 Å². The number of hydrogen-bond donors (Lipinski definition) is 0.